The predicted octanol–water partition coefficient (Wildman–Crippen LogP) is 8.44. The number of fused-ring (bicyclic) bond motifs is 1. The van der Waals surface area contributed by atoms with Gasteiger partial charge in [-0.15, -0.1) is 11.8 Å². The molecule has 0 radical (unpaired) electrons. The van der Waals surface area contributed by atoms with Gasteiger partial charge in [0, 0.05) is 40.3 Å². The Hall–Kier alpha value is -2.84. The molecule has 0 saturated carbocycles. The standard InChI is InChI=1S/C23H31N5O.C7H13NS.C2H6/c1-7-15(5)22-24-23(28-27-22)17-10-12-20-19(13-17)21(26-25-20)16(6)9-11-18(8-2)29-14(3)4;1-8(2)6-7-4-3-5-9-7;1-2/h8-16H,7H2,1-6H3,(H,25,26)(H,24,27,28);3,5,7H,4,6H2,1-2H3;1-2H3/b11-9-,18-8+;;/t15-,16?;;/m0../s1. The second-order valence-corrected chi connectivity index (χ2v) is 11.6. The van der Waals surface area contributed by atoms with E-state index in [0.29, 0.717) is 5.92 Å². The van der Waals surface area contributed by atoms with E-state index in [2.05, 4.69) is 88.8 Å². The number of ether oxygens (including phenoxy) is 1. The number of nitrogens with one attached hydrogen (secondary N) is 2. The molecule has 7 nitrogen and oxygen atoms in total. The van der Waals surface area contributed by atoms with Gasteiger partial charge in [0.2, 0.25) is 0 Å². The Labute approximate surface area is 246 Å². The molecule has 0 spiro atoms. The van der Waals surface area contributed by atoms with Crippen LogP contribution in [0.15, 0.2) is 53.7 Å². The van der Waals surface area contributed by atoms with Gasteiger partial charge in [0.1, 0.15) is 11.6 Å². The van der Waals surface area contributed by atoms with E-state index in [1.165, 1.54) is 13.0 Å². The summed E-state index contributed by atoms with van der Waals surface area (Å²) in [6, 6.07) is 6.15. The minimum absolute atomic E-state index is 0.151. The number of rotatable bonds is 10. The van der Waals surface area contributed by atoms with Gasteiger partial charge in [-0.25, -0.2) is 4.98 Å². The lowest BCUT2D eigenvalue weighted by Crippen LogP contribution is -2.21. The van der Waals surface area contributed by atoms with Crippen LogP contribution in [0.1, 0.15) is 91.6 Å². The summed E-state index contributed by atoms with van der Waals surface area (Å²) < 4.78 is 5.79. The Morgan fingerprint density at radius 2 is 1.90 bits per heavy atom. The van der Waals surface area contributed by atoms with E-state index in [4.69, 9.17) is 4.74 Å². The molecular formula is C32H50N6OS. The molecule has 4 rings (SSSR count). The monoisotopic (exact) mass is 566 g/mol. The van der Waals surface area contributed by atoms with Crippen molar-refractivity contribution in [1.82, 2.24) is 30.3 Å². The number of hydrogen-bond donors (Lipinski definition) is 2. The largest absolute Gasteiger partial charge is 0.491 e. The fourth-order valence-corrected chi connectivity index (χ4v) is 5.15. The van der Waals surface area contributed by atoms with E-state index in [1.807, 2.05) is 70.7 Å². The average molecular weight is 567 g/mol. The average Bonchev–Trinajstić information content (AvgIpc) is 3.72. The molecule has 0 amide bonds. The van der Waals surface area contributed by atoms with Crippen molar-refractivity contribution >= 4 is 22.7 Å². The van der Waals surface area contributed by atoms with Crippen LogP contribution in [0, 0.1) is 0 Å². The van der Waals surface area contributed by atoms with Crippen LogP contribution in [0.4, 0.5) is 0 Å². The van der Waals surface area contributed by atoms with Gasteiger partial charge in [-0.3, -0.25) is 10.2 Å². The zero-order chi connectivity index (χ0) is 29.7. The highest BCUT2D eigenvalue weighted by Crippen LogP contribution is 2.29. The molecule has 0 fully saturated rings. The van der Waals surface area contributed by atoms with Crippen LogP contribution in [-0.2, 0) is 4.74 Å². The number of aromatic nitrogens is 5. The fraction of sp³-hybridized carbons (Fsp3) is 0.531. The van der Waals surface area contributed by atoms with Gasteiger partial charge >= 0.3 is 0 Å². The van der Waals surface area contributed by atoms with Gasteiger partial charge in [-0.2, -0.15) is 10.2 Å². The van der Waals surface area contributed by atoms with Crippen LogP contribution in [0.3, 0.4) is 0 Å². The number of nitrogens with zero attached hydrogens (tertiary/aromatic N) is 4. The quantitative estimate of drug-likeness (QED) is 0.189. The number of aromatic amines is 2. The molecule has 40 heavy (non-hydrogen) atoms. The first-order valence-corrected chi connectivity index (χ1v) is 15.5. The van der Waals surface area contributed by atoms with Crippen molar-refractivity contribution in [1.29, 1.82) is 0 Å². The maximum Gasteiger partial charge on any atom is 0.181 e. The Kier molecular flexibility index (Phi) is 14.2. The first kappa shape index (κ1) is 33.4. The van der Waals surface area contributed by atoms with Crippen molar-refractivity contribution in [3.8, 4) is 11.4 Å². The molecule has 0 bridgehead atoms. The molecule has 1 aliphatic heterocycles. The Morgan fingerprint density at radius 3 is 2.50 bits per heavy atom. The van der Waals surface area contributed by atoms with E-state index in [-0.39, 0.29) is 12.0 Å². The topological polar surface area (TPSA) is 82.7 Å². The lowest BCUT2D eigenvalue weighted by Gasteiger charge is -2.13. The molecule has 3 heterocycles. The fourth-order valence-electron chi connectivity index (χ4n) is 4.10. The van der Waals surface area contributed by atoms with Crippen LogP contribution < -0.4 is 0 Å². The first-order valence-electron chi connectivity index (χ1n) is 14.6. The maximum atomic E-state index is 5.79. The molecule has 3 atom stereocenters. The van der Waals surface area contributed by atoms with Gasteiger partial charge in [0.05, 0.1) is 11.6 Å². The first-order chi connectivity index (χ1) is 19.2. The highest BCUT2D eigenvalue weighted by atomic mass is 32.2. The molecule has 220 valence electrons. The predicted molar refractivity (Wildman–Crippen MR) is 173 cm³/mol. The van der Waals surface area contributed by atoms with Crippen LogP contribution in [0.2, 0.25) is 0 Å². The van der Waals surface area contributed by atoms with E-state index >= 15 is 0 Å². The third-order valence-corrected chi connectivity index (χ3v) is 7.50. The van der Waals surface area contributed by atoms with Gasteiger partial charge in [-0.05, 0) is 83.5 Å². The molecule has 0 aliphatic carbocycles. The third-order valence-electron chi connectivity index (χ3n) is 6.42. The van der Waals surface area contributed by atoms with Crippen LogP contribution in [-0.4, -0.2) is 62.3 Å². The third kappa shape index (κ3) is 9.97. The van der Waals surface area contributed by atoms with Crippen molar-refractivity contribution in [3.05, 3.63) is 65.2 Å². The van der Waals surface area contributed by atoms with Gasteiger partial charge in [0.15, 0.2) is 5.82 Å². The summed E-state index contributed by atoms with van der Waals surface area (Å²) in [5.74, 6) is 3.04. The molecule has 1 aromatic carbocycles. The van der Waals surface area contributed by atoms with E-state index in [0.717, 1.165) is 51.2 Å². The highest BCUT2D eigenvalue weighted by Gasteiger charge is 2.15. The van der Waals surface area contributed by atoms with Crippen LogP contribution in [0.25, 0.3) is 22.3 Å². The Morgan fingerprint density at radius 1 is 1.15 bits per heavy atom. The van der Waals surface area contributed by atoms with Gasteiger partial charge in [-0.1, -0.05) is 46.8 Å². The smallest absolute Gasteiger partial charge is 0.181 e. The summed E-state index contributed by atoms with van der Waals surface area (Å²) in [6.07, 6.45) is 10.8. The summed E-state index contributed by atoms with van der Waals surface area (Å²) in [7, 11) is 4.25. The lowest BCUT2D eigenvalue weighted by atomic mass is 10.0. The second kappa shape index (κ2) is 17.1. The Bertz CT molecular complexity index is 1230. The minimum Gasteiger partial charge on any atom is -0.491 e. The maximum absolute atomic E-state index is 5.79. The van der Waals surface area contributed by atoms with Crippen molar-refractivity contribution in [3.63, 3.8) is 0 Å². The van der Waals surface area contributed by atoms with Crippen LogP contribution in [0.5, 0.6) is 0 Å². The van der Waals surface area contributed by atoms with Crippen molar-refractivity contribution < 1.29 is 4.74 Å². The zero-order valence-electron chi connectivity index (χ0n) is 26.2. The van der Waals surface area contributed by atoms with Gasteiger partial charge in [0.25, 0.3) is 0 Å². The molecule has 1 aliphatic rings. The normalized spacial score (nSPS) is 16.7. The summed E-state index contributed by atoms with van der Waals surface area (Å²) in [6.45, 7) is 17.7. The molecule has 2 N–H and O–H groups in total. The van der Waals surface area contributed by atoms with Crippen LogP contribution >= 0.6 is 11.8 Å². The van der Waals surface area contributed by atoms with E-state index < -0.39 is 0 Å². The SMILES string of the molecule is C/C=C(\C=C/C(C)c1[nH]nc2ccc(-c3n[nH]c([C@@H](C)CC)n3)cc12)OC(C)C.CC.CN(C)CC1CC=CS1. The van der Waals surface area contributed by atoms with E-state index in [1.54, 1.807) is 0 Å². The number of benzene rings is 1. The highest BCUT2D eigenvalue weighted by molar-refractivity contribution is 8.03. The lowest BCUT2D eigenvalue weighted by molar-refractivity contribution is 0.157. The zero-order valence-corrected chi connectivity index (χ0v) is 27.0. The molecule has 2 aromatic heterocycles. The summed E-state index contributed by atoms with van der Waals surface area (Å²) in [5.41, 5.74) is 2.99. The number of allylic oxidation sites excluding steroid dienone is 4. The summed E-state index contributed by atoms with van der Waals surface area (Å²) in [5, 5.41) is 19.3. The Balaban J connectivity index is 0.000000428. The molecule has 2 unspecified atom stereocenters. The summed E-state index contributed by atoms with van der Waals surface area (Å²) >= 11 is 1.95. The number of H-pyrrole nitrogens is 2. The van der Waals surface area contributed by atoms with Crippen molar-refractivity contribution in [2.24, 2.45) is 0 Å². The second-order valence-electron chi connectivity index (χ2n) is 10.4. The van der Waals surface area contributed by atoms with E-state index in [9.17, 15) is 0 Å². The summed E-state index contributed by atoms with van der Waals surface area (Å²) in [4.78, 5) is 6.92. The van der Waals surface area contributed by atoms with Crippen molar-refractivity contribution in [2.45, 2.75) is 91.4 Å². The molecule has 0 saturated heterocycles. The minimum atomic E-state index is 0.151. The molecule has 8 heteroatoms. The number of hydrogen-bond acceptors (Lipinski definition) is 6. The molecule has 3 aromatic rings. The van der Waals surface area contributed by atoms with Crippen molar-refractivity contribution in [2.75, 3.05) is 20.6 Å². The molecular weight excluding hydrogens is 516 g/mol. The van der Waals surface area contributed by atoms with Gasteiger partial charge < -0.3 is 9.64 Å². The number of thioether (sulfide) groups is 1.